The molecule has 11 nitrogen and oxygen atoms in total. The van der Waals surface area contributed by atoms with E-state index < -0.39 is 62.0 Å². The fourth-order valence-electron chi connectivity index (χ4n) is 4.82. The third-order valence-corrected chi connectivity index (χ3v) is 7.25. The maximum Gasteiger partial charge on any atom is 0.416 e. The molecule has 0 atom stereocenters. The summed E-state index contributed by atoms with van der Waals surface area (Å²) in [5.41, 5.74) is -3.00. The van der Waals surface area contributed by atoms with Crippen molar-refractivity contribution in [2.24, 2.45) is 0 Å². The van der Waals surface area contributed by atoms with Crippen molar-refractivity contribution in [3.63, 3.8) is 0 Å². The molecule has 2 amide bonds. The molecule has 0 unspecified atom stereocenters. The molecule has 5 rings (SSSR count). The number of hydrogen-bond donors (Lipinski definition) is 2. The monoisotopic (exact) mass is 595 g/mol. The van der Waals surface area contributed by atoms with Gasteiger partial charge in [-0.1, -0.05) is 0 Å². The van der Waals surface area contributed by atoms with Crippen LogP contribution in [0.5, 0.6) is 0 Å². The average molecular weight is 596 g/mol. The van der Waals surface area contributed by atoms with E-state index in [1.807, 2.05) is 6.07 Å². The van der Waals surface area contributed by atoms with Crippen molar-refractivity contribution in [3.05, 3.63) is 64.5 Å². The second-order valence-corrected chi connectivity index (χ2v) is 11.9. The first-order valence-corrected chi connectivity index (χ1v) is 13.7. The van der Waals surface area contributed by atoms with E-state index in [-0.39, 0.29) is 60.1 Å². The summed E-state index contributed by atoms with van der Waals surface area (Å²) >= 11 is 0. The number of sulfone groups is 1. The van der Waals surface area contributed by atoms with Crippen molar-refractivity contribution in [1.82, 2.24) is 20.1 Å². The fraction of sp³-hybridized carbons (Fsp3) is 0.292. The molecule has 17 heteroatoms. The Labute approximate surface area is 228 Å². The molecular formula is C24H18F5N7O4S. The lowest BCUT2D eigenvalue weighted by molar-refractivity contribution is -0.138. The van der Waals surface area contributed by atoms with E-state index in [4.69, 9.17) is 5.26 Å². The van der Waals surface area contributed by atoms with Gasteiger partial charge in [0.25, 0.3) is 5.91 Å². The highest BCUT2D eigenvalue weighted by Crippen LogP contribution is 2.40. The van der Waals surface area contributed by atoms with Crippen molar-refractivity contribution in [2.45, 2.75) is 18.1 Å². The van der Waals surface area contributed by atoms with Gasteiger partial charge in [0.05, 0.1) is 22.4 Å². The summed E-state index contributed by atoms with van der Waals surface area (Å²) in [5, 5.41) is 18.5. The van der Waals surface area contributed by atoms with Gasteiger partial charge in [0.15, 0.2) is 21.5 Å². The minimum Gasteiger partial charge on any atom is -0.362 e. The minimum absolute atomic E-state index is 0.00727. The topological polar surface area (TPSA) is 150 Å². The van der Waals surface area contributed by atoms with Gasteiger partial charge >= 0.3 is 6.18 Å². The maximum atomic E-state index is 14.5. The number of hydrogen-bond acceptors (Lipinski definition) is 8. The molecule has 0 radical (unpaired) electrons. The SMILES string of the molecule is CS(=O)(=O)CC(=O)Nc1c2c(nn1-c1ccc(C#N)cn1)CC1(CN(c3c(F)cc(C(F)(F)F)cc3F)C1)NC2=O. The van der Waals surface area contributed by atoms with Crippen LogP contribution in [0, 0.1) is 23.0 Å². The first-order valence-electron chi connectivity index (χ1n) is 11.7. The van der Waals surface area contributed by atoms with Crippen LogP contribution >= 0.6 is 0 Å². The highest BCUT2D eigenvalue weighted by molar-refractivity contribution is 7.91. The average Bonchev–Trinajstić information content (AvgIpc) is 3.19. The number of fused-ring (bicyclic) bond motifs is 1. The number of rotatable bonds is 5. The Morgan fingerprint density at radius 1 is 1.22 bits per heavy atom. The molecule has 1 saturated heterocycles. The number of nitrogens with zero attached hydrogens (tertiary/aromatic N) is 5. The summed E-state index contributed by atoms with van der Waals surface area (Å²) in [7, 11) is -3.73. The Balaban J connectivity index is 1.47. The highest BCUT2D eigenvalue weighted by Gasteiger charge is 2.51. The summed E-state index contributed by atoms with van der Waals surface area (Å²) in [5.74, 6) is -5.52. The molecule has 0 aliphatic carbocycles. The number of nitrogens with one attached hydrogen (secondary N) is 2. The third-order valence-electron chi connectivity index (χ3n) is 6.46. The number of anilines is 2. The maximum absolute atomic E-state index is 14.5. The van der Waals surface area contributed by atoms with E-state index >= 15 is 0 Å². The van der Waals surface area contributed by atoms with Gasteiger partial charge in [-0.2, -0.15) is 28.2 Å². The fourth-order valence-corrected chi connectivity index (χ4v) is 5.37. The van der Waals surface area contributed by atoms with Crippen LogP contribution in [-0.4, -0.2) is 65.6 Å². The molecule has 214 valence electrons. The molecule has 4 heterocycles. The summed E-state index contributed by atoms with van der Waals surface area (Å²) in [6.45, 7) is -0.343. The first kappa shape index (κ1) is 28.0. The van der Waals surface area contributed by atoms with Crippen LogP contribution in [0.25, 0.3) is 5.82 Å². The summed E-state index contributed by atoms with van der Waals surface area (Å²) in [4.78, 5) is 31.0. The lowest BCUT2D eigenvalue weighted by Crippen LogP contribution is -2.73. The predicted molar refractivity (Wildman–Crippen MR) is 132 cm³/mol. The summed E-state index contributed by atoms with van der Waals surface area (Å²) in [6, 6.07) is 5.07. The second-order valence-electron chi connectivity index (χ2n) is 9.77. The number of amides is 2. The van der Waals surface area contributed by atoms with E-state index in [1.54, 1.807) is 0 Å². The number of carbonyl (C=O) groups excluding carboxylic acids is 2. The third kappa shape index (κ3) is 5.29. The predicted octanol–water partition coefficient (Wildman–Crippen LogP) is 1.96. The van der Waals surface area contributed by atoms with Crippen LogP contribution in [0.1, 0.15) is 27.2 Å². The number of aromatic nitrogens is 3. The van der Waals surface area contributed by atoms with Crippen LogP contribution in [-0.2, 0) is 27.2 Å². The van der Waals surface area contributed by atoms with E-state index in [0.717, 1.165) is 15.8 Å². The molecule has 2 N–H and O–H groups in total. The van der Waals surface area contributed by atoms with Crippen LogP contribution in [0.2, 0.25) is 0 Å². The van der Waals surface area contributed by atoms with Crippen molar-refractivity contribution in [1.29, 1.82) is 5.26 Å². The minimum atomic E-state index is -4.94. The van der Waals surface area contributed by atoms with E-state index in [1.165, 1.54) is 18.3 Å². The van der Waals surface area contributed by atoms with Gasteiger partial charge in [-0.25, -0.2) is 22.2 Å². The van der Waals surface area contributed by atoms with Gasteiger partial charge in [0, 0.05) is 32.0 Å². The Morgan fingerprint density at radius 3 is 2.41 bits per heavy atom. The molecule has 2 aliphatic heterocycles. The van der Waals surface area contributed by atoms with Crippen LogP contribution in [0.3, 0.4) is 0 Å². The number of halogens is 5. The summed E-state index contributed by atoms with van der Waals surface area (Å²) in [6.07, 6.45) is -2.88. The molecule has 1 fully saturated rings. The molecule has 41 heavy (non-hydrogen) atoms. The van der Waals surface area contributed by atoms with Crippen molar-refractivity contribution in [3.8, 4) is 11.9 Å². The Morgan fingerprint density at radius 2 is 1.88 bits per heavy atom. The van der Waals surface area contributed by atoms with E-state index in [0.29, 0.717) is 0 Å². The molecule has 1 aromatic carbocycles. The van der Waals surface area contributed by atoms with Gasteiger partial charge < -0.3 is 15.5 Å². The number of alkyl halides is 3. The quantitative estimate of drug-likeness (QED) is 0.425. The Kier molecular flexibility index (Phi) is 6.48. The lowest BCUT2D eigenvalue weighted by atomic mass is 9.80. The molecular weight excluding hydrogens is 577 g/mol. The normalized spacial score (nSPS) is 16.0. The molecule has 0 saturated carbocycles. The molecule has 3 aromatic rings. The van der Waals surface area contributed by atoms with E-state index in [2.05, 4.69) is 20.7 Å². The second kappa shape index (κ2) is 9.51. The summed E-state index contributed by atoms with van der Waals surface area (Å²) < 4.78 is 92.2. The zero-order chi connectivity index (χ0) is 29.9. The van der Waals surface area contributed by atoms with Gasteiger partial charge in [-0.15, -0.1) is 0 Å². The molecule has 1 spiro atoms. The number of pyridine rings is 1. The number of nitriles is 1. The smallest absolute Gasteiger partial charge is 0.362 e. The lowest BCUT2D eigenvalue weighted by Gasteiger charge is -2.52. The zero-order valence-electron chi connectivity index (χ0n) is 20.9. The molecule has 2 aliphatic rings. The van der Waals surface area contributed by atoms with Crippen molar-refractivity contribution < 1.29 is 40.0 Å². The van der Waals surface area contributed by atoms with Gasteiger partial charge in [0.1, 0.15) is 34.7 Å². The van der Waals surface area contributed by atoms with Gasteiger partial charge in [-0.3, -0.25) is 9.59 Å². The van der Waals surface area contributed by atoms with Crippen LogP contribution in [0.4, 0.5) is 33.5 Å². The van der Waals surface area contributed by atoms with Crippen molar-refractivity contribution in [2.75, 3.05) is 35.3 Å². The number of carbonyl (C=O) groups is 2. The molecule has 0 bridgehead atoms. The van der Waals surface area contributed by atoms with Gasteiger partial charge in [0.2, 0.25) is 5.91 Å². The number of benzene rings is 1. The standard InChI is InChI=1S/C24H18F5N7O4S/c1-41(39,40)9-18(37)32-21-19-16(34-36(21)17-3-2-12(7-30)8-31-17)6-23(33-22(19)38)10-35(11-23)20-14(25)4-13(5-15(20)26)24(27,28)29/h2-5,8H,6,9-11H2,1H3,(H,32,37)(H,33,38). The highest BCUT2D eigenvalue weighted by atomic mass is 32.2. The van der Waals surface area contributed by atoms with Crippen molar-refractivity contribution >= 4 is 33.2 Å². The van der Waals surface area contributed by atoms with Crippen LogP contribution in [0.15, 0.2) is 30.5 Å². The first-order chi connectivity index (χ1) is 19.1. The van der Waals surface area contributed by atoms with Crippen LogP contribution < -0.4 is 15.5 Å². The Bertz CT molecular complexity index is 1720. The van der Waals surface area contributed by atoms with Gasteiger partial charge in [-0.05, 0) is 24.3 Å². The largest absolute Gasteiger partial charge is 0.416 e. The molecule has 2 aromatic heterocycles. The Hall–Kier alpha value is -4.59. The zero-order valence-corrected chi connectivity index (χ0v) is 21.7. The van der Waals surface area contributed by atoms with E-state index in [9.17, 15) is 40.0 Å².